The van der Waals surface area contributed by atoms with Gasteiger partial charge in [0.2, 0.25) is 0 Å². The molecule has 0 bridgehead atoms. The summed E-state index contributed by atoms with van der Waals surface area (Å²) in [5.41, 5.74) is 0.103. The summed E-state index contributed by atoms with van der Waals surface area (Å²) < 4.78 is 4.97. The number of likely N-dealkylation sites (N-methyl/N-ethyl adjacent to an activating group) is 1. The van der Waals surface area contributed by atoms with E-state index in [1.165, 1.54) is 11.3 Å². The van der Waals surface area contributed by atoms with Gasteiger partial charge in [-0.15, -0.1) is 11.3 Å². The lowest BCUT2D eigenvalue weighted by Gasteiger charge is -2.18. The third-order valence-corrected chi connectivity index (χ3v) is 2.83. The number of rotatable bonds is 6. The Kier molecular flexibility index (Phi) is 4.51. The minimum absolute atomic E-state index is 0.103. The fourth-order valence-corrected chi connectivity index (χ4v) is 1.99. The number of methoxy groups -OCH3 is 1. The maximum absolute atomic E-state index is 10.6. The van der Waals surface area contributed by atoms with Crippen LogP contribution >= 0.6 is 11.3 Å². The van der Waals surface area contributed by atoms with Gasteiger partial charge < -0.3 is 14.7 Å². The van der Waals surface area contributed by atoms with Crippen LogP contribution in [0.1, 0.15) is 17.4 Å². The summed E-state index contributed by atoms with van der Waals surface area (Å²) in [5, 5.41) is 11.0. The minimum Gasteiger partial charge on any atom is -0.476 e. The van der Waals surface area contributed by atoms with Crippen molar-refractivity contribution in [1.29, 1.82) is 0 Å². The van der Waals surface area contributed by atoms with E-state index in [1.54, 1.807) is 12.5 Å². The Morgan fingerprint density at radius 3 is 2.93 bits per heavy atom. The minimum atomic E-state index is -0.986. The molecule has 1 N–H and O–H groups in total. The SMILES string of the molecule is CCN(CCOC)c1nc(C(=O)O)cs1. The van der Waals surface area contributed by atoms with Crippen LogP contribution in [0, 0.1) is 0 Å². The molecule has 0 aliphatic carbocycles. The third kappa shape index (κ3) is 3.17. The van der Waals surface area contributed by atoms with Crippen molar-refractivity contribution >= 4 is 22.4 Å². The lowest BCUT2D eigenvalue weighted by atomic mass is 10.5. The first-order valence-corrected chi connectivity index (χ1v) is 5.49. The smallest absolute Gasteiger partial charge is 0.355 e. The molecular formula is C9H14N2O3S. The molecular weight excluding hydrogens is 216 g/mol. The molecule has 1 aromatic rings. The number of aromatic nitrogens is 1. The van der Waals surface area contributed by atoms with Crippen molar-refractivity contribution in [1.82, 2.24) is 4.98 Å². The normalized spacial score (nSPS) is 10.3. The van der Waals surface area contributed by atoms with Gasteiger partial charge in [0.15, 0.2) is 10.8 Å². The predicted octanol–water partition coefficient (Wildman–Crippen LogP) is 1.31. The molecule has 0 saturated carbocycles. The van der Waals surface area contributed by atoms with Crippen LogP contribution in [0.5, 0.6) is 0 Å². The van der Waals surface area contributed by atoms with Crippen molar-refractivity contribution in [3.63, 3.8) is 0 Å². The van der Waals surface area contributed by atoms with Gasteiger partial charge >= 0.3 is 5.97 Å². The van der Waals surface area contributed by atoms with Crippen LogP contribution in [0.3, 0.4) is 0 Å². The van der Waals surface area contributed by atoms with Gasteiger partial charge in [0, 0.05) is 25.6 Å². The summed E-state index contributed by atoms with van der Waals surface area (Å²) in [6.45, 7) is 4.11. The van der Waals surface area contributed by atoms with Gasteiger partial charge in [0.05, 0.1) is 6.61 Å². The van der Waals surface area contributed by atoms with E-state index in [1.807, 2.05) is 11.8 Å². The van der Waals surface area contributed by atoms with E-state index < -0.39 is 5.97 Å². The van der Waals surface area contributed by atoms with Gasteiger partial charge in [0.25, 0.3) is 0 Å². The van der Waals surface area contributed by atoms with E-state index >= 15 is 0 Å². The number of ether oxygens (including phenoxy) is 1. The largest absolute Gasteiger partial charge is 0.476 e. The van der Waals surface area contributed by atoms with Crippen molar-refractivity contribution in [3.8, 4) is 0 Å². The van der Waals surface area contributed by atoms with Crippen LogP contribution in [0.2, 0.25) is 0 Å². The second-order valence-corrected chi connectivity index (χ2v) is 3.73. The highest BCUT2D eigenvalue weighted by Gasteiger charge is 2.12. The molecule has 15 heavy (non-hydrogen) atoms. The first-order chi connectivity index (χ1) is 7.19. The van der Waals surface area contributed by atoms with E-state index in [2.05, 4.69) is 4.98 Å². The Balaban J connectivity index is 2.69. The zero-order valence-corrected chi connectivity index (χ0v) is 9.58. The monoisotopic (exact) mass is 230 g/mol. The summed E-state index contributed by atoms with van der Waals surface area (Å²) in [6.07, 6.45) is 0. The van der Waals surface area contributed by atoms with E-state index in [-0.39, 0.29) is 5.69 Å². The Bertz CT molecular complexity index is 327. The average molecular weight is 230 g/mol. The highest BCUT2D eigenvalue weighted by Crippen LogP contribution is 2.19. The summed E-state index contributed by atoms with van der Waals surface area (Å²) in [7, 11) is 1.64. The fraction of sp³-hybridized carbons (Fsp3) is 0.556. The topological polar surface area (TPSA) is 62.7 Å². The Labute approximate surface area is 92.3 Å². The van der Waals surface area contributed by atoms with Gasteiger partial charge in [0.1, 0.15) is 0 Å². The second kappa shape index (κ2) is 5.67. The molecule has 0 amide bonds. The average Bonchev–Trinajstić information content (AvgIpc) is 2.68. The second-order valence-electron chi connectivity index (χ2n) is 2.89. The number of carboxylic acids is 1. The summed E-state index contributed by atoms with van der Waals surface area (Å²) in [5.74, 6) is -0.986. The van der Waals surface area contributed by atoms with Crippen LogP contribution in [-0.4, -0.2) is 42.9 Å². The highest BCUT2D eigenvalue weighted by atomic mass is 32.1. The molecule has 0 radical (unpaired) electrons. The van der Waals surface area contributed by atoms with Crippen molar-refractivity contribution < 1.29 is 14.6 Å². The first kappa shape index (κ1) is 11.9. The van der Waals surface area contributed by atoms with E-state index in [4.69, 9.17) is 9.84 Å². The molecule has 0 aliphatic heterocycles. The maximum Gasteiger partial charge on any atom is 0.355 e. The van der Waals surface area contributed by atoms with Crippen LogP contribution in [0.15, 0.2) is 5.38 Å². The van der Waals surface area contributed by atoms with Gasteiger partial charge in [-0.3, -0.25) is 0 Å². The van der Waals surface area contributed by atoms with Gasteiger partial charge in [-0.1, -0.05) is 0 Å². The van der Waals surface area contributed by atoms with Crippen molar-refractivity contribution in [2.24, 2.45) is 0 Å². The molecule has 1 aromatic heterocycles. The summed E-state index contributed by atoms with van der Waals surface area (Å²) >= 11 is 1.34. The van der Waals surface area contributed by atoms with Crippen LogP contribution in [0.4, 0.5) is 5.13 Å². The number of carboxylic acid groups (broad SMARTS) is 1. The molecule has 0 saturated heterocycles. The molecule has 0 atom stereocenters. The van der Waals surface area contributed by atoms with Crippen molar-refractivity contribution in [3.05, 3.63) is 11.1 Å². The summed E-state index contributed by atoms with van der Waals surface area (Å²) in [6, 6.07) is 0. The molecule has 6 heteroatoms. The molecule has 0 aromatic carbocycles. The zero-order chi connectivity index (χ0) is 11.3. The van der Waals surface area contributed by atoms with Crippen LogP contribution in [-0.2, 0) is 4.74 Å². The maximum atomic E-state index is 10.6. The van der Waals surface area contributed by atoms with E-state index in [0.29, 0.717) is 6.61 Å². The lowest BCUT2D eigenvalue weighted by molar-refractivity contribution is 0.0691. The molecule has 1 rings (SSSR count). The number of anilines is 1. The lowest BCUT2D eigenvalue weighted by Crippen LogP contribution is -2.26. The number of thiazole rings is 1. The molecule has 0 spiro atoms. The Morgan fingerprint density at radius 2 is 2.47 bits per heavy atom. The first-order valence-electron chi connectivity index (χ1n) is 4.61. The summed E-state index contributed by atoms with van der Waals surface area (Å²) in [4.78, 5) is 16.7. The zero-order valence-electron chi connectivity index (χ0n) is 8.77. The number of carbonyl (C=O) groups is 1. The Hall–Kier alpha value is -1.14. The van der Waals surface area contributed by atoms with Crippen molar-refractivity contribution in [2.75, 3.05) is 31.7 Å². The molecule has 1 heterocycles. The number of aromatic carboxylic acids is 1. The van der Waals surface area contributed by atoms with E-state index in [0.717, 1.165) is 18.2 Å². The molecule has 5 nitrogen and oxygen atoms in total. The highest BCUT2D eigenvalue weighted by molar-refractivity contribution is 7.13. The van der Waals surface area contributed by atoms with Crippen molar-refractivity contribution in [2.45, 2.75) is 6.92 Å². The van der Waals surface area contributed by atoms with Gasteiger partial charge in [-0.05, 0) is 6.92 Å². The Morgan fingerprint density at radius 1 is 1.73 bits per heavy atom. The van der Waals surface area contributed by atoms with Gasteiger partial charge in [-0.2, -0.15) is 0 Å². The molecule has 0 fully saturated rings. The number of hydrogen-bond acceptors (Lipinski definition) is 5. The quantitative estimate of drug-likeness (QED) is 0.798. The third-order valence-electron chi connectivity index (χ3n) is 1.93. The molecule has 0 unspecified atom stereocenters. The standard InChI is InChI=1S/C9H14N2O3S/c1-3-11(4-5-14-2)9-10-7(6-15-9)8(12)13/h6H,3-5H2,1-2H3,(H,12,13). The van der Waals surface area contributed by atoms with Crippen LogP contribution < -0.4 is 4.90 Å². The number of nitrogens with zero attached hydrogens (tertiary/aromatic N) is 2. The molecule has 84 valence electrons. The fourth-order valence-electron chi connectivity index (χ4n) is 1.10. The predicted molar refractivity (Wildman–Crippen MR) is 58.8 cm³/mol. The van der Waals surface area contributed by atoms with Crippen LogP contribution in [0.25, 0.3) is 0 Å². The van der Waals surface area contributed by atoms with E-state index in [9.17, 15) is 4.79 Å². The number of hydrogen-bond donors (Lipinski definition) is 1. The van der Waals surface area contributed by atoms with Gasteiger partial charge in [-0.25, -0.2) is 9.78 Å². The molecule has 0 aliphatic rings.